The number of nitrogens with zero attached hydrogens (tertiary/aromatic N) is 1. The van der Waals surface area contributed by atoms with Gasteiger partial charge in [-0.25, -0.2) is 0 Å². The number of nitrogens with two attached hydrogens (primary N) is 1. The fourth-order valence-corrected chi connectivity index (χ4v) is 2.31. The lowest BCUT2D eigenvalue weighted by atomic mass is 10.1. The molecule has 19 heavy (non-hydrogen) atoms. The number of hydrogen-bond acceptors (Lipinski definition) is 2. The van der Waals surface area contributed by atoms with E-state index in [2.05, 4.69) is 0 Å². The second-order valence-corrected chi connectivity index (χ2v) is 4.94. The number of anilines is 1. The van der Waals surface area contributed by atoms with E-state index in [4.69, 9.17) is 17.3 Å². The number of alkyl halides is 3. The zero-order valence-corrected chi connectivity index (χ0v) is 10.6. The fourth-order valence-electron chi connectivity index (χ4n) is 2.08. The molecule has 0 radical (unpaired) electrons. The van der Waals surface area contributed by atoms with Crippen molar-refractivity contribution in [2.24, 2.45) is 11.7 Å². The smallest absolute Gasteiger partial charge is 0.330 e. The second-order valence-electron chi connectivity index (χ2n) is 4.51. The molecule has 0 spiro atoms. The molecule has 104 valence electrons. The number of benzene rings is 1. The van der Waals surface area contributed by atoms with Crippen LogP contribution in [0.4, 0.5) is 18.9 Å². The highest BCUT2D eigenvalue weighted by molar-refractivity contribution is 6.31. The van der Waals surface area contributed by atoms with E-state index in [9.17, 15) is 18.0 Å². The number of halogens is 4. The lowest BCUT2D eigenvalue weighted by Crippen LogP contribution is -2.26. The normalized spacial score (nSPS) is 20.2. The number of carbonyl (C=O) groups excluding carboxylic acids is 1. The van der Waals surface area contributed by atoms with Gasteiger partial charge in [0.05, 0.1) is 5.56 Å². The van der Waals surface area contributed by atoms with Gasteiger partial charge in [0, 0.05) is 23.7 Å². The van der Waals surface area contributed by atoms with Crippen LogP contribution in [0.1, 0.15) is 12.0 Å². The summed E-state index contributed by atoms with van der Waals surface area (Å²) >= 11 is 5.69. The summed E-state index contributed by atoms with van der Waals surface area (Å²) in [6.07, 6.45) is -4.24. The molecule has 1 unspecified atom stereocenters. The maximum atomic E-state index is 12.7. The van der Waals surface area contributed by atoms with Crippen LogP contribution in [0.15, 0.2) is 18.2 Å². The Hall–Kier alpha value is -1.27. The van der Waals surface area contributed by atoms with E-state index in [0.717, 1.165) is 12.1 Å². The molecule has 1 amide bonds. The van der Waals surface area contributed by atoms with Crippen molar-refractivity contribution in [2.75, 3.05) is 18.0 Å². The van der Waals surface area contributed by atoms with E-state index in [1.54, 1.807) is 0 Å². The highest BCUT2D eigenvalue weighted by Crippen LogP contribution is 2.35. The number of rotatable bonds is 2. The summed E-state index contributed by atoms with van der Waals surface area (Å²) in [4.78, 5) is 13.1. The maximum absolute atomic E-state index is 12.7. The predicted molar refractivity (Wildman–Crippen MR) is 66.0 cm³/mol. The molecule has 1 aliphatic heterocycles. The van der Waals surface area contributed by atoms with Crippen LogP contribution < -0.4 is 10.6 Å². The zero-order valence-electron chi connectivity index (χ0n) is 9.88. The summed E-state index contributed by atoms with van der Waals surface area (Å²) in [7, 11) is 0. The van der Waals surface area contributed by atoms with Gasteiger partial charge in [0.2, 0.25) is 5.91 Å². The third-order valence-corrected chi connectivity index (χ3v) is 3.28. The van der Waals surface area contributed by atoms with Crippen LogP contribution in [0.5, 0.6) is 0 Å². The molecule has 1 saturated heterocycles. The Bertz CT molecular complexity index is 504. The standard InChI is InChI=1S/C12H12ClF3N2O/c13-9-2-8(12(14,15)16)3-10(4-9)18-6-7(5-17)1-11(18)19/h2-4,7H,1,5-6,17H2. The topological polar surface area (TPSA) is 46.3 Å². The molecule has 0 saturated carbocycles. The quantitative estimate of drug-likeness (QED) is 0.911. The molecule has 2 rings (SSSR count). The summed E-state index contributed by atoms with van der Waals surface area (Å²) in [5.74, 6) is -0.258. The van der Waals surface area contributed by atoms with E-state index in [-0.39, 0.29) is 29.0 Å². The Morgan fingerprint density at radius 2 is 2.05 bits per heavy atom. The molecule has 3 nitrogen and oxygen atoms in total. The third kappa shape index (κ3) is 3.01. The van der Waals surface area contributed by atoms with Crippen molar-refractivity contribution in [3.05, 3.63) is 28.8 Å². The van der Waals surface area contributed by atoms with Crippen LogP contribution in [0.25, 0.3) is 0 Å². The van der Waals surface area contributed by atoms with Crippen LogP contribution >= 0.6 is 11.6 Å². The predicted octanol–water partition coefficient (Wildman–Crippen LogP) is 2.67. The van der Waals surface area contributed by atoms with Crippen molar-refractivity contribution in [3.8, 4) is 0 Å². The highest BCUT2D eigenvalue weighted by Gasteiger charge is 2.34. The van der Waals surface area contributed by atoms with Crippen molar-refractivity contribution in [1.82, 2.24) is 0 Å². The van der Waals surface area contributed by atoms with Crippen LogP contribution in [-0.2, 0) is 11.0 Å². The molecule has 2 N–H and O–H groups in total. The molecule has 1 aliphatic rings. The first kappa shape index (κ1) is 14.1. The SMILES string of the molecule is NCC1CC(=O)N(c2cc(Cl)cc(C(F)(F)F)c2)C1. The molecule has 1 atom stereocenters. The highest BCUT2D eigenvalue weighted by atomic mass is 35.5. The molecule has 1 fully saturated rings. The first-order valence-corrected chi connectivity index (χ1v) is 6.07. The van der Waals surface area contributed by atoms with Crippen LogP contribution in [0.3, 0.4) is 0 Å². The Kier molecular flexibility index (Phi) is 3.73. The summed E-state index contributed by atoms with van der Waals surface area (Å²) < 4.78 is 38.1. The van der Waals surface area contributed by atoms with Gasteiger partial charge >= 0.3 is 6.18 Å². The first-order chi connectivity index (χ1) is 8.81. The Morgan fingerprint density at radius 1 is 1.37 bits per heavy atom. The van der Waals surface area contributed by atoms with Gasteiger partial charge in [0.25, 0.3) is 0 Å². The lowest BCUT2D eigenvalue weighted by molar-refractivity contribution is -0.137. The van der Waals surface area contributed by atoms with Crippen molar-refractivity contribution < 1.29 is 18.0 Å². The average molecular weight is 293 g/mol. The Labute approximate surface area is 113 Å². The van der Waals surface area contributed by atoms with Crippen LogP contribution in [0, 0.1) is 5.92 Å². The van der Waals surface area contributed by atoms with Gasteiger partial charge in [-0.1, -0.05) is 11.6 Å². The van der Waals surface area contributed by atoms with Gasteiger partial charge in [-0.05, 0) is 30.7 Å². The molecule has 1 aromatic rings. The van der Waals surface area contributed by atoms with E-state index in [1.165, 1.54) is 11.0 Å². The van der Waals surface area contributed by atoms with Crippen molar-refractivity contribution in [3.63, 3.8) is 0 Å². The van der Waals surface area contributed by atoms with Crippen molar-refractivity contribution in [2.45, 2.75) is 12.6 Å². The lowest BCUT2D eigenvalue weighted by Gasteiger charge is -2.18. The summed E-state index contributed by atoms with van der Waals surface area (Å²) in [5.41, 5.74) is 4.79. The van der Waals surface area contributed by atoms with E-state index in [1.807, 2.05) is 0 Å². The van der Waals surface area contributed by atoms with Crippen molar-refractivity contribution in [1.29, 1.82) is 0 Å². The number of carbonyl (C=O) groups is 1. The summed E-state index contributed by atoms with van der Waals surface area (Å²) in [6.45, 7) is 0.655. The van der Waals surface area contributed by atoms with Gasteiger partial charge in [-0.2, -0.15) is 13.2 Å². The summed E-state index contributed by atoms with van der Waals surface area (Å²) in [5, 5.41) is -0.0474. The third-order valence-electron chi connectivity index (χ3n) is 3.06. The maximum Gasteiger partial charge on any atom is 0.416 e. The Morgan fingerprint density at radius 3 is 2.58 bits per heavy atom. The summed E-state index contributed by atoms with van der Waals surface area (Å²) in [6, 6.07) is 3.13. The number of hydrogen-bond donors (Lipinski definition) is 1. The van der Waals surface area contributed by atoms with Gasteiger partial charge < -0.3 is 10.6 Å². The monoisotopic (exact) mass is 292 g/mol. The molecule has 0 bridgehead atoms. The largest absolute Gasteiger partial charge is 0.416 e. The van der Waals surface area contributed by atoms with E-state index in [0.29, 0.717) is 13.1 Å². The van der Waals surface area contributed by atoms with Gasteiger partial charge in [-0.15, -0.1) is 0 Å². The zero-order chi connectivity index (χ0) is 14.2. The molecule has 1 heterocycles. The average Bonchev–Trinajstić information content (AvgIpc) is 2.68. The van der Waals surface area contributed by atoms with E-state index >= 15 is 0 Å². The van der Waals surface area contributed by atoms with Gasteiger partial charge in [0.15, 0.2) is 0 Å². The minimum Gasteiger partial charge on any atom is -0.330 e. The molecule has 0 aromatic heterocycles. The first-order valence-electron chi connectivity index (χ1n) is 5.69. The minimum absolute atomic E-state index is 0.0270. The fraction of sp³-hybridized carbons (Fsp3) is 0.417. The van der Waals surface area contributed by atoms with Crippen LogP contribution in [0.2, 0.25) is 5.02 Å². The second kappa shape index (κ2) is 5.02. The Balaban J connectivity index is 2.35. The molecule has 7 heteroatoms. The van der Waals surface area contributed by atoms with Crippen molar-refractivity contribution >= 4 is 23.2 Å². The molecular weight excluding hydrogens is 281 g/mol. The van der Waals surface area contributed by atoms with Gasteiger partial charge in [-0.3, -0.25) is 4.79 Å². The number of amides is 1. The van der Waals surface area contributed by atoms with Crippen LogP contribution in [-0.4, -0.2) is 19.0 Å². The van der Waals surface area contributed by atoms with Gasteiger partial charge in [0.1, 0.15) is 0 Å². The molecule has 0 aliphatic carbocycles. The minimum atomic E-state index is -4.49. The molecule has 1 aromatic carbocycles. The molecular formula is C12H12ClF3N2O. The van der Waals surface area contributed by atoms with E-state index < -0.39 is 11.7 Å².